The smallest absolute Gasteiger partial charge is 0.261 e. The molecule has 1 heterocycles. The monoisotopic (exact) mass is 274 g/mol. The first kappa shape index (κ1) is 12.9. The Morgan fingerprint density at radius 3 is 2.47 bits per heavy atom. The van der Waals surface area contributed by atoms with Crippen molar-refractivity contribution in [3.63, 3.8) is 0 Å². The van der Waals surface area contributed by atoms with E-state index in [0.717, 1.165) is 0 Å². The summed E-state index contributed by atoms with van der Waals surface area (Å²) in [5.74, 6) is 0. The van der Waals surface area contributed by atoms with Crippen molar-refractivity contribution in [2.24, 2.45) is 0 Å². The second-order valence-electron chi connectivity index (χ2n) is 3.70. The van der Waals surface area contributed by atoms with Gasteiger partial charge in [0.15, 0.2) is 0 Å². The molecule has 0 radical (unpaired) electrons. The molecule has 1 aromatic carbocycles. The number of sulfonamides is 1. The predicted molar refractivity (Wildman–Crippen MR) is 70.6 cm³/mol. The number of nitrogens with two attached hydrogens (primary N) is 1. The van der Waals surface area contributed by atoms with Crippen molar-refractivity contribution in [2.75, 3.05) is 10.5 Å². The van der Waals surface area contributed by atoms with Crippen molar-refractivity contribution in [1.29, 1.82) is 5.26 Å². The number of nitrogens with one attached hydrogen (secondary N) is 1. The summed E-state index contributed by atoms with van der Waals surface area (Å²) in [6.45, 7) is 0. The third kappa shape index (κ3) is 2.81. The average molecular weight is 274 g/mol. The lowest BCUT2D eigenvalue weighted by atomic mass is 10.2. The lowest BCUT2D eigenvalue weighted by Gasteiger charge is -2.09. The van der Waals surface area contributed by atoms with Gasteiger partial charge in [-0.15, -0.1) is 0 Å². The summed E-state index contributed by atoms with van der Waals surface area (Å²) < 4.78 is 26.5. The van der Waals surface area contributed by atoms with Gasteiger partial charge in [-0.25, -0.2) is 8.42 Å². The molecule has 0 aliphatic rings. The molecule has 2 rings (SSSR count). The molecule has 0 fully saturated rings. The molecule has 2 aromatic rings. The molecule has 96 valence electrons. The highest BCUT2D eigenvalue weighted by molar-refractivity contribution is 7.92. The average Bonchev–Trinajstić information content (AvgIpc) is 2.41. The minimum atomic E-state index is -3.73. The van der Waals surface area contributed by atoms with Crippen LogP contribution in [0, 0.1) is 11.3 Å². The van der Waals surface area contributed by atoms with Gasteiger partial charge in [-0.3, -0.25) is 9.71 Å². The van der Waals surface area contributed by atoms with Crippen LogP contribution in [-0.4, -0.2) is 13.4 Å². The Bertz CT molecular complexity index is 733. The van der Waals surface area contributed by atoms with Gasteiger partial charge in [0.05, 0.1) is 34.1 Å². The van der Waals surface area contributed by atoms with E-state index in [1.165, 1.54) is 42.7 Å². The number of hydrogen-bond donors (Lipinski definition) is 2. The minimum Gasteiger partial charge on any atom is -0.396 e. The lowest BCUT2D eigenvalue weighted by molar-refractivity contribution is 0.601. The number of benzene rings is 1. The molecule has 7 heteroatoms. The van der Waals surface area contributed by atoms with Crippen molar-refractivity contribution in [3.05, 3.63) is 48.3 Å². The minimum absolute atomic E-state index is 0.0581. The van der Waals surface area contributed by atoms with E-state index in [-0.39, 0.29) is 16.3 Å². The van der Waals surface area contributed by atoms with Crippen LogP contribution in [-0.2, 0) is 10.0 Å². The molecule has 6 nitrogen and oxygen atoms in total. The summed E-state index contributed by atoms with van der Waals surface area (Å²) in [6.07, 6.45) is 2.80. The summed E-state index contributed by atoms with van der Waals surface area (Å²) in [4.78, 5) is 3.83. The zero-order chi connectivity index (χ0) is 13.9. The van der Waals surface area contributed by atoms with E-state index in [1.807, 2.05) is 6.07 Å². The summed E-state index contributed by atoms with van der Waals surface area (Å²) >= 11 is 0. The van der Waals surface area contributed by atoms with E-state index < -0.39 is 10.0 Å². The normalized spacial score (nSPS) is 10.7. The Hall–Kier alpha value is -2.59. The van der Waals surface area contributed by atoms with E-state index in [9.17, 15) is 8.42 Å². The number of nitriles is 1. The zero-order valence-corrected chi connectivity index (χ0v) is 10.6. The van der Waals surface area contributed by atoms with Gasteiger partial charge in [0, 0.05) is 6.20 Å². The van der Waals surface area contributed by atoms with E-state index >= 15 is 0 Å². The first-order valence-corrected chi connectivity index (χ1v) is 6.74. The van der Waals surface area contributed by atoms with Gasteiger partial charge in [0.25, 0.3) is 10.0 Å². The Labute approximate surface area is 110 Å². The van der Waals surface area contributed by atoms with Crippen LogP contribution in [0.4, 0.5) is 11.4 Å². The molecular formula is C12H10N4O2S. The topological polar surface area (TPSA) is 109 Å². The SMILES string of the molecule is N#Cc1ccc(S(=O)(=O)Nc2ccncc2N)cc1. The molecule has 19 heavy (non-hydrogen) atoms. The largest absolute Gasteiger partial charge is 0.396 e. The molecule has 0 aliphatic heterocycles. The highest BCUT2D eigenvalue weighted by Crippen LogP contribution is 2.20. The van der Waals surface area contributed by atoms with Gasteiger partial charge in [0.2, 0.25) is 0 Å². The van der Waals surface area contributed by atoms with E-state index in [4.69, 9.17) is 11.0 Å². The second-order valence-corrected chi connectivity index (χ2v) is 5.39. The molecule has 0 bridgehead atoms. The van der Waals surface area contributed by atoms with E-state index in [0.29, 0.717) is 5.56 Å². The van der Waals surface area contributed by atoms with Gasteiger partial charge in [-0.2, -0.15) is 5.26 Å². The van der Waals surface area contributed by atoms with Crippen LogP contribution < -0.4 is 10.5 Å². The van der Waals surface area contributed by atoms with Crippen molar-refractivity contribution >= 4 is 21.4 Å². The van der Waals surface area contributed by atoms with E-state index in [1.54, 1.807) is 0 Å². The Kier molecular flexibility index (Phi) is 3.35. The maximum absolute atomic E-state index is 12.1. The highest BCUT2D eigenvalue weighted by Gasteiger charge is 2.15. The lowest BCUT2D eigenvalue weighted by Crippen LogP contribution is -2.14. The fourth-order valence-corrected chi connectivity index (χ4v) is 2.50. The first-order valence-electron chi connectivity index (χ1n) is 5.25. The number of aromatic nitrogens is 1. The Morgan fingerprint density at radius 1 is 1.21 bits per heavy atom. The third-order valence-electron chi connectivity index (χ3n) is 2.39. The fraction of sp³-hybridized carbons (Fsp3) is 0. The summed E-state index contributed by atoms with van der Waals surface area (Å²) in [5, 5.41) is 8.66. The fourth-order valence-electron chi connectivity index (χ4n) is 1.41. The highest BCUT2D eigenvalue weighted by atomic mass is 32.2. The standard InChI is InChI=1S/C12H10N4O2S/c13-7-9-1-3-10(4-2-9)19(17,18)16-12-5-6-15-8-11(12)14/h1-6,8H,14H2,(H,15,16). The van der Waals surface area contributed by atoms with Crippen LogP contribution in [0.5, 0.6) is 0 Å². The first-order chi connectivity index (χ1) is 9.03. The number of hydrogen-bond acceptors (Lipinski definition) is 5. The predicted octanol–water partition coefficient (Wildman–Crippen LogP) is 1.34. The van der Waals surface area contributed by atoms with Crippen LogP contribution in [0.25, 0.3) is 0 Å². The van der Waals surface area contributed by atoms with Gasteiger partial charge >= 0.3 is 0 Å². The van der Waals surface area contributed by atoms with Crippen LogP contribution in [0.1, 0.15) is 5.56 Å². The summed E-state index contributed by atoms with van der Waals surface area (Å²) in [7, 11) is -3.73. The second kappa shape index (κ2) is 4.96. The van der Waals surface area contributed by atoms with Crippen molar-refractivity contribution in [2.45, 2.75) is 4.90 Å². The molecule has 0 atom stereocenters. The molecule has 0 spiro atoms. The Balaban J connectivity index is 2.33. The van der Waals surface area contributed by atoms with Crippen LogP contribution in [0.2, 0.25) is 0 Å². The summed E-state index contributed by atoms with van der Waals surface area (Å²) in [5.41, 5.74) is 6.51. The van der Waals surface area contributed by atoms with Gasteiger partial charge < -0.3 is 5.73 Å². The quantitative estimate of drug-likeness (QED) is 0.877. The molecule has 0 unspecified atom stereocenters. The number of nitrogens with zero attached hydrogens (tertiary/aromatic N) is 2. The number of nitrogen functional groups attached to an aromatic ring is 1. The van der Waals surface area contributed by atoms with E-state index in [2.05, 4.69) is 9.71 Å². The molecular weight excluding hydrogens is 264 g/mol. The van der Waals surface area contributed by atoms with Gasteiger partial charge in [-0.05, 0) is 30.3 Å². The third-order valence-corrected chi connectivity index (χ3v) is 3.77. The zero-order valence-electron chi connectivity index (χ0n) is 9.74. The molecule has 0 aliphatic carbocycles. The number of pyridine rings is 1. The van der Waals surface area contributed by atoms with Gasteiger partial charge in [-0.1, -0.05) is 0 Å². The number of anilines is 2. The molecule has 3 N–H and O–H groups in total. The maximum Gasteiger partial charge on any atom is 0.261 e. The Morgan fingerprint density at radius 2 is 1.89 bits per heavy atom. The van der Waals surface area contributed by atoms with Gasteiger partial charge in [0.1, 0.15) is 0 Å². The van der Waals surface area contributed by atoms with Crippen LogP contribution >= 0.6 is 0 Å². The maximum atomic E-state index is 12.1. The molecule has 1 aromatic heterocycles. The molecule has 0 amide bonds. The van der Waals surface area contributed by atoms with Crippen molar-refractivity contribution in [1.82, 2.24) is 4.98 Å². The van der Waals surface area contributed by atoms with Crippen molar-refractivity contribution < 1.29 is 8.42 Å². The van der Waals surface area contributed by atoms with Crippen molar-refractivity contribution in [3.8, 4) is 6.07 Å². The summed E-state index contributed by atoms with van der Waals surface area (Å²) in [6, 6.07) is 8.98. The molecule has 0 saturated carbocycles. The van der Waals surface area contributed by atoms with Crippen LogP contribution in [0.15, 0.2) is 47.6 Å². The van der Waals surface area contributed by atoms with Crippen LogP contribution in [0.3, 0.4) is 0 Å². The molecule has 0 saturated heterocycles. The number of rotatable bonds is 3.